The van der Waals surface area contributed by atoms with E-state index in [9.17, 15) is 18.0 Å². The van der Waals surface area contributed by atoms with E-state index in [4.69, 9.17) is 9.47 Å². The number of alkyl halides is 3. The molecule has 1 aliphatic heterocycles. The molecule has 0 spiro atoms. The normalized spacial score (nSPS) is 14.3. The van der Waals surface area contributed by atoms with Gasteiger partial charge < -0.3 is 14.8 Å². The average molecular weight is 337 g/mol. The van der Waals surface area contributed by atoms with Gasteiger partial charge in [0.2, 0.25) is 6.79 Å². The fraction of sp³-hybridized carbons (Fsp3) is 0.235. The molecule has 0 fully saturated rings. The SMILES string of the molecule is C[C@@H](NC(=O)c1cccc(C(F)(F)F)c1)c1ccc2c(c1)OCO2. The Morgan fingerprint density at radius 3 is 2.62 bits per heavy atom. The van der Waals surface area contributed by atoms with E-state index in [1.807, 2.05) is 0 Å². The molecular formula is C17H14F3NO3. The zero-order valence-electron chi connectivity index (χ0n) is 12.7. The lowest BCUT2D eigenvalue weighted by molar-refractivity contribution is -0.137. The third kappa shape index (κ3) is 3.29. The summed E-state index contributed by atoms with van der Waals surface area (Å²) in [6, 6.07) is 9.15. The van der Waals surface area contributed by atoms with Crippen LogP contribution in [-0.4, -0.2) is 12.7 Å². The van der Waals surface area contributed by atoms with E-state index < -0.39 is 23.7 Å². The summed E-state index contributed by atoms with van der Waals surface area (Å²) in [4.78, 5) is 12.2. The van der Waals surface area contributed by atoms with E-state index in [0.717, 1.165) is 17.7 Å². The van der Waals surface area contributed by atoms with Crippen LogP contribution in [0.4, 0.5) is 13.2 Å². The zero-order chi connectivity index (χ0) is 17.3. The Hall–Kier alpha value is -2.70. The first kappa shape index (κ1) is 16.2. The molecule has 2 aromatic carbocycles. The lowest BCUT2D eigenvalue weighted by Crippen LogP contribution is -2.26. The minimum atomic E-state index is -4.49. The smallest absolute Gasteiger partial charge is 0.416 e. The largest absolute Gasteiger partial charge is 0.454 e. The Morgan fingerprint density at radius 2 is 1.88 bits per heavy atom. The van der Waals surface area contributed by atoms with Gasteiger partial charge in [-0.3, -0.25) is 4.79 Å². The van der Waals surface area contributed by atoms with Crippen LogP contribution in [0.3, 0.4) is 0 Å². The van der Waals surface area contributed by atoms with Crippen molar-refractivity contribution in [3.63, 3.8) is 0 Å². The van der Waals surface area contributed by atoms with Crippen LogP contribution in [0.1, 0.15) is 34.5 Å². The highest BCUT2D eigenvalue weighted by Gasteiger charge is 2.31. The number of hydrogen-bond donors (Lipinski definition) is 1. The highest BCUT2D eigenvalue weighted by molar-refractivity contribution is 5.94. The standard InChI is InChI=1S/C17H14F3NO3/c1-10(11-5-6-14-15(8-11)24-9-23-14)21-16(22)12-3-2-4-13(7-12)17(18,19)20/h2-8,10H,9H2,1H3,(H,21,22)/t10-/m1/s1. The molecule has 0 bridgehead atoms. The van der Waals surface area contributed by atoms with Gasteiger partial charge in [0.25, 0.3) is 5.91 Å². The van der Waals surface area contributed by atoms with Gasteiger partial charge in [-0.2, -0.15) is 13.2 Å². The maximum atomic E-state index is 12.7. The van der Waals surface area contributed by atoms with Gasteiger partial charge >= 0.3 is 6.18 Å². The van der Waals surface area contributed by atoms with E-state index in [1.54, 1.807) is 25.1 Å². The van der Waals surface area contributed by atoms with Crippen molar-refractivity contribution in [2.45, 2.75) is 19.1 Å². The quantitative estimate of drug-likeness (QED) is 0.923. The summed E-state index contributed by atoms with van der Waals surface area (Å²) in [5.74, 6) is 0.620. The molecule has 0 saturated heterocycles. The molecule has 3 rings (SSSR count). The third-order valence-corrected chi connectivity index (χ3v) is 3.70. The molecule has 1 heterocycles. The lowest BCUT2D eigenvalue weighted by atomic mass is 10.1. The summed E-state index contributed by atoms with van der Waals surface area (Å²) in [6.07, 6.45) is -4.49. The Kier molecular flexibility index (Phi) is 4.09. The second-order valence-electron chi connectivity index (χ2n) is 5.39. The molecule has 126 valence electrons. The molecule has 1 aliphatic rings. The minimum absolute atomic E-state index is 0.0441. The van der Waals surface area contributed by atoms with Gasteiger partial charge in [0.05, 0.1) is 11.6 Å². The van der Waals surface area contributed by atoms with Crippen molar-refractivity contribution in [2.75, 3.05) is 6.79 Å². The van der Waals surface area contributed by atoms with Crippen LogP contribution >= 0.6 is 0 Å². The van der Waals surface area contributed by atoms with Gasteiger partial charge in [-0.05, 0) is 42.8 Å². The number of benzene rings is 2. The summed E-state index contributed by atoms with van der Waals surface area (Å²) in [5, 5.41) is 2.68. The van der Waals surface area contributed by atoms with Crippen molar-refractivity contribution >= 4 is 5.91 Å². The molecule has 0 unspecified atom stereocenters. The number of amides is 1. The molecule has 4 nitrogen and oxygen atoms in total. The van der Waals surface area contributed by atoms with Gasteiger partial charge in [0, 0.05) is 5.56 Å². The molecule has 7 heteroatoms. The van der Waals surface area contributed by atoms with Crippen molar-refractivity contribution in [1.82, 2.24) is 5.32 Å². The molecule has 24 heavy (non-hydrogen) atoms. The van der Waals surface area contributed by atoms with E-state index >= 15 is 0 Å². The summed E-state index contributed by atoms with van der Waals surface area (Å²) < 4.78 is 48.7. The molecular weight excluding hydrogens is 323 g/mol. The van der Waals surface area contributed by atoms with Crippen LogP contribution in [0.2, 0.25) is 0 Å². The minimum Gasteiger partial charge on any atom is -0.454 e. The highest BCUT2D eigenvalue weighted by atomic mass is 19.4. The van der Waals surface area contributed by atoms with Crippen LogP contribution in [0.5, 0.6) is 11.5 Å². The van der Waals surface area contributed by atoms with Gasteiger partial charge in [0.1, 0.15) is 0 Å². The first-order valence-electron chi connectivity index (χ1n) is 7.22. The van der Waals surface area contributed by atoms with Crippen molar-refractivity contribution in [2.24, 2.45) is 0 Å². The molecule has 2 aromatic rings. The van der Waals surface area contributed by atoms with Gasteiger partial charge in [-0.1, -0.05) is 12.1 Å². The second-order valence-corrected chi connectivity index (χ2v) is 5.39. The average Bonchev–Trinajstić information content (AvgIpc) is 3.01. The van der Waals surface area contributed by atoms with Gasteiger partial charge in [0.15, 0.2) is 11.5 Å². The van der Waals surface area contributed by atoms with E-state index in [2.05, 4.69) is 5.32 Å². The number of hydrogen-bond acceptors (Lipinski definition) is 3. The predicted molar refractivity (Wildman–Crippen MR) is 79.9 cm³/mol. The maximum absolute atomic E-state index is 12.7. The zero-order valence-corrected chi connectivity index (χ0v) is 12.7. The van der Waals surface area contributed by atoms with Crippen LogP contribution in [0.25, 0.3) is 0 Å². The predicted octanol–water partition coefficient (Wildman–Crippen LogP) is 3.93. The number of halogens is 3. The lowest BCUT2D eigenvalue weighted by Gasteiger charge is -2.15. The fourth-order valence-corrected chi connectivity index (χ4v) is 2.38. The number of rotatable bonds is 3. The Morgan fingerprint density at radius 1 is 1.12 bits per heavy atom. The molecule has 0 radical (unpaired) electrons. The van der Waals surface area contributed by atoms with Gasteiger partial charge in [-0.25, -0.2) is 0 Å². The summed E-state index contributed by atoms with van der Waals surface area (Å²) in [7, 11) is 0. The van der Waals surface area contributed by atoms with Crippen LogP contribution in [0, 0.1) is 0 Å². The van der Waals surface area contributed by atoms with Crippen LogP contribution < -0.4 is 14.8 Å². The van der Waals surface area contributed by atoms with Crippen molar-refractivity contribution in [3.8, 4) is 11.5 Å². The summed E-state index contributed by atoms with van der Waals surface area (Å²) in [5.41, 5.74) is -0.136. The van der Waals surface area contributed by atoms with Crippen LogP contribution in [-0.2, 0) is 6.18 Å². The summed E-state index contributed by atoms with van der Waals surface area (Å²) >= 11 is 0. The van der Waals surface area contributed by atoms with Crippen molar-refractivity contribution in [1.29, 1.82) is 0 Å². The Labute approximate surface area is 136 Å². The Balaban J connectivity index is 1.75. The van der Waals surface area contributed by atoms with Crippen molar-refractivity contribution in [3.05, 3.63) is 59.2 Å². The van der Waals surface area contributed by atoms with Crippen molar-refractivity contribution < 1.29 is 27.4 Å². The highest BCUT2D eigenvalue weighted by Crippen LogP contribution is 2.34. The van der Waals surface area contributed by atoms with E-state index in [1.165, 1.54) is 12.1 Å². The second kappa shape index (κ2) is 6.07. The Bertz CT molecular complexity index is 774. The molecule has 0 aliphatic carbocycles. The first-order chi connectivity index (χ1) is 11.3. The fourth-order valence-electron chi connectivity index (χ4n) is 2.38. The topological polar surface area (TPSA) is 47.6 Å². The maximum Gasteiger partial charge on any atom is 0.416 e. The third-order valence-electron chi connectivity index (χ3n) is 3.70. The van der Waals surface area contributed by atoms with Gasteiger partial charge in [-0.15, -0.1) is 0 Å². The molecule has 0 aromatic heterocycles. The van der Waals surface area contributed by atoms with E-state index in [-0.39, 0.29) is 12.4 Å². The number of carbonyl (C=O) groups excluding carboxylic acids is 1. The van der Waals surface area contributed by atoms with Crippen LogP contribution in [0.15, 0.2) is 42.5 Å². The molecule has 0 saturated carbocycles. The number of nitrogens with one attached hydrogen (secondary N) is 1. The molecule has 1 N–H and O–H groups in total. The number of carbonyl (C=O) groups is 1. The van der Waals surface area contributed by atoms with E-state index in [0.29, 0.717) is 11.5 Å². The summed E-state index contributed by atoms with van der Waals surface area (Å²) in [6.45, 7) is 1.88. The molecule has 1 atom stereocenters. The monoisotopic (exact) mass is 337 g/mol. The first-order valence-corrected chi connectivity index (χ1v) is 7.22. The number of fused-ring (bicyclic) bond motifs is 1. The number of ether oxygens (including phenoxy) is 2. The molecule has 1 amide bonds.